The van der Waals surface area contributed by atoms with Crippen LogP contribution >= 0.6 is 0 Å². The molecule has 0 saturated carbocycles. The van der Waals surface area contributed by atoms with Crippen molar-refractivity contribution < 1.29 is 14.3 Å². The minimum absolute atomic E-state index is 0.0630. The van der Waals surface area contributed by atoms with E-state index in [1.54, 1.807) is 19.1 Å². The van der Waals surface area contributed by atoms with Crippen LogP contribution in [0.25, 0.3) is 0 Å². The lowest BCUT2D eigenvalue weighted by Gasteiger charge is -2.23. The number of carbonyl (C=O) groups is 2. The van der Waals surface area contributed by atoms with Crippen molar-refractivity contribution in [2.45, 2.75) is 32.9 Å². The van der Waals surface area contributed by atoms with Gasteiger partial charge < -0.3 is 15.4 Å². The zero-order chi connectivity index (χ0) is 17.1. The predicted octanol–water partition coefficient (Wildman–Crippen LogP) is 2.57. The van der Waals surface area contributed by atoms with Crippen molar-refractivity contribution in [3.63, 3.8) is 0 Å². The van der Waals surface area contributed by atoms with E-state index in [2.05, 4.69) is 10.6 Å². The molecule has 24 heavy (non-hydrogen) atoms. The Labute approximate surface area is 141 Å². The molecule has 1 aliphatic heterocycles. The van der Waals surface area contributed by atoms with E-state index in [9.17, 15) is 9.59 Å². The van der Waals surface area contributed by atoms with Crippen LogP contribution in [0.3, 0.4) is 0 Å². The fourth-order valence-corrected chi connectivity index (χ4v) is 2.52. The molecule has 124 valence electrons. The van der Waals surface area contributed by atoms with Gasteiger partial charge in [-0.15, -0.1) is 0 Å². The summed E-state index contributed by atoms with van der Waals surface area (Å²) in [6, 6.07) is 13.5. The molecule has 5 heteroatoms. The molecule has 1 unspecified atom stereocenters. The summed E-state index contributed by atoms with van der Waals surface area (Å²) >= 11 is 0. The lowest BCUT2D eigenvalue weighted by atomic mass is 10.1. The van der Waals surface area contributed by atoms with E-state index in [0.29, 0.717) is 18.0 Å². The average molecular weight is 324 g/mol. The van der Waals surface area contributed by atoms with Crippen molar-refractivity contribution in [2.75, 3.05) is 5.32 Å². The Kier molecular flexibility index (Phi) is 4.51. The average Bonchev–Trinajstić information content (AvgIpc) is 2.56. The zero-order valence-corrected chi connectivity index (χ0v) is 13.8. The van der Waals surface area contributed by atoms with Crippen molar-refractivity contribution in [1.82, 2.24) is 5.32 Å². The Morgan fingerprint density at radius 1 is 1.17 bits per heavy atom. The van der Waals surface area contributed by atoms with Gasteiger partial charge in [0, 0.05) is 6.54 Å². The number of aryl methyl sites for hydroxylation is 1. The minimum Gasteiger partial charge on any atom is -0.479 e. The summed E-state index contributed by atoms with van der Waals surface area (Å²) in [5.74, 6) is 0.390. The van der Waals surface area contributed by atoms with Gasteiger partial charge in [0.2, 0.25) is 5.91 Å². The highest BCUT2D eigenvalue weighted by molar-refractivity contribution is 5.97. The van der Waals surface area contributed by atoms with E-state index in [1.807, 2.05) is 37.3 Å². The molecule has 3 rings (SSSR count). The summed E-state index contributed by atoms with van der Waals surface area (Å²) in [7, 11) is 0. The number of anilines is 1. The minimum atomic E-state index is -0.499. The fourth-order valence-electron chi connectivity index (χ4n) is 2.52. The first-order valence-corrected chi connectivity index (χ1v) is 7.94. The second-order valence-electron chi connectivity index (χ2n) is 6.02. The summed E-state index contributed by atoms with van der Waals surface area (Å²) in [5.41, 5.74) is 3.70. The molecule has 0 aliphatic carbocycles. The summed E-state index contributed by atoms with van der Waals surface area (Å²) in [5, 5.41) is 5.70. The Hall–Kier alpha value is -2.82. The van der Waals surface area contributed by atoms with E-state index in [4.69, 9.17) is 4.74 Å². The number of nitrogens with one attached hydrogen (secondary N) is 2. The molecule has 2 amide bonds. The number of rotatable bonds is 4. The van der Waals surface area contributed by atoms with Crippen molar-refractivity contribution in [3.8, 4) is 5.75 Å². The molecule has 1 heterocycles. The van der Waals surface area contributed by atoms with Gasteiger partial charge in [-0.05, 0) is 37.1 Å². The SMILES string of the molecule is Cc1ccc(CNC(=O)Cc2ccc3c(c2)NC(=O)C(C)O3)cc1. The third-order valence-corrected chi connectivity index (χ3v) is 3.95. The number of fused-ring (bicyclic) bond motifs is 1. The number of hydrogen-bond donors (Lipinski definition) is 2. The van der Waals surface area contributed by atoms with Crippen LogP contribution in [0, 0.1) is 6.92 Å². The molecule has 5 nitrogen and oxygen atoms in total. The van der Waals surface area contributed by atoms with E-state index in [1.165, 1.54) is 5.56 Å². The highest BCUT2D eigenvalue weighted by atomic mass is 16.5. The molecule has 0 saturated heterocycles. The fraction of sp³-hybridized carbons (Fsp3) is 0.263. The van der Waals surface area contributed by atoms with Crippen LogP contribution in [-0.4, -0.2) is 17.9 Å². The van der Waals surface area contributed by atoms with Crippen LogP contribution < -0.4 is 15.4 Å². The normalized spacial score (nSPS) is 15.9. The first kappa shape index (κ1) is 16.1. The van der Waals surface area contributed by atoms with E-state index in [-0.39, 0.29) is 18.2 Å². The smallest absolute Gasteiger partial charge is 0.265 e. The maximum Gasteiger partial charge on any atom is 0.265 e. The van der Waals surface area contributed by atoms with Gasteiger partial charge in [0.25, 0.3) is 5.91 Å². The van der Waals surface area contributed by atoms with Crippen LogP contribution in [0.4, 0.5) is 5.69 Å². The number of ether oxygens (including phenoxy) is 1. The molecular weight excluding hydrogens is 304 g/mol. The Balaban J connectivity index is 1.59. The highest BCUT2D eigenvalue weighted by Gasteiger charge is 2.23. The number of benzene rings is 2. The maximum atomic E-state index is 12.1. The first-order valence-electron chi connectivity index (χ1n) is 7.94. The largest absolute Gasteiger partial charge is 0.479 e. The van der Waals surface area contributed by atoms with Gasteiger partial charge >= 0.3 is 0 Å². The van der Waals surface area contributed by atoms with Gasteiger partial charge in [-0.3, -0.25) is 9.59 Å². The van der Waals surface area contributed by atoms with Crippen molar-refractivity contribution in [2.24, 2.45) is 0 Å². The molecule has 2 N–H and O–H groups in total. The van der Waals surface area contributed by atoms with Crippen molar-refractivity contribution in [3.05, 3.63) is 59.2 Å². The first-order chi connectivity index (χ1) is 11.5. The third kappa shape index (κ3) is 3.74. The van der Waals surface area contributed by atoms with Crippen LogP contribution in [0.5, 0.6) is 5.75 Å². The van der Waals surface area contributed by atoms with Gasteiger partial charge in [-0.1, -0.05) is 35.9 Å². The molecule has 2 aromatic carbocycles. The third-order valence-electron chi connectivity index (χ3n) is 3.95. The lowest BCUT2D eigenvalue weighted by Crippen LogP contribution is -2.34. The number of carbonyl (C=O) groups excluding carboxylic acids is 2. The molecular formula is C19H20N2O3. The summed E-state index contributed by atoms with van der Waals surface area (Å²) in [4.78, 5) is 23.8. The number of hydrogen-bond acceptors (Lipinski definition) is 3. The standard InChI is InChI=1S/C19H20N2O3/c1-12-3-5-14(6-4-12)11-20-18(22)10-15-7-8-17-16(9-15)21-19(23)13(2)24-17/h3-9,13H,10-11H2,1-2H3,(H,20,22)(H,21,23). The van der Waals surface area contributed by atoms with Crippen LogP contribution in [0.15, 0.2) is 42.5 Å². The Morgan fingerprint density at radius 2 is 1.88 bits per heavy atom. The molecule has 0 radical (unpaired) electrons. The van der Waals surface area contributed by atoms with Crippen molar-refractivity contribution in [1.29, 1.82) is 0 Å². The van der Waals surface area contributed by atoms with Gasteiger partial charge in [0.15, 0.2) is 6.10 Å². The van der Waals surface area contributed by atoms with Gasteiger partial charge in [0.05, 0.1) is 12.1 Å². The maximum absolute atomic E-state index is 12.1. The van der Waals surface area contributed by atoms with Gasteiger partial charge in [-0.25, -0.2) is 0 Å². The van der Waals surface area contributed by atoms with Crippen LogP contribution in [0.1, 0.15) is 23.6 Å². The quantitative estimate of drug-likeness (QED) is 0.908. The van der Waals surface area contributed by atoms with Crippen molar-refractivity contribution >= 4 is 17.5 Å². The predicted molar refractivity (Wildman–Crippen MR) is 91.9 cm³/mol. The number of amides is 2. The summed E-state index contributed by atoms with van der Waals surface area (Å²) in [6.07, 6.45) is -0.244. The Morgan fingerprint density at radius 3 is 2.62 bits per heavy atom. The second-order valence-corrected chi connectivity index (χ2v) is 6.02. The molecule has 1 atom stereocenters. The molecule has 0 spiro atoms. The summed E-state index contributed by atoms with van der Waals surface area (Å²) < 4.78 is 5.51. The van der Waals surface area contributed by atoms with Crippen LogP contribution in [0.2, 0.25) is 0 Å². The summed E-state index contributed by atoms with van der Waals surface area (Å²) in [6.45, 7) is 4.23. The van der Waals surface area contributed by atoms with E-state index >= 15 is 0 Å². The van der Waals surface area contributed by atoms with Crippen LogP contribution in [-0.2, 0) is 22.6 Å². The monoisotopic (exact) mass is 324 g/mol. The lowest BCUT2D eigenvalue weighted by molar-refractivity contribution is -0.122. The molecule has 0 bridgehead atoms. The second kappa shape index (κ2) is 6.74. The van der Waals surface area contributed by atoms with E-state index < -0.39 is 6.10 Å². The highest BCUT2D eigenvalue weighted by Crippen LogP contribution is 2.30. The topological polar surface area (TPSA) is 67.4 Å². The molecule has 0 aromatic heterocycles. The van der Waals surface area contributed by atoms with Gasteiger partial charge in [0.1, 0.15) is 5.75 Å². The zero-order valence-electron chi connectivity index (χ0n) is 13.8. The van der Waals surface area contributed by atoms with Gasteiger partial charge in [-0.2, -0.15) is 0 Å². The molecule has 0 fully saturated rings. The van der Waals surface area contributed by atoms with E-state index in [0.717, 1.165) is 11.1 Å². The Bertz CT molecular complexity index is 769. The molecule has 1 aliphatic rings. The molecule has 2 aromatic rings.